The number of Topliss-reactive ketones (excluding diaryl/α,β-unsaturated/α-hetero) is 1. The van der Waals surface area contributed by atoms with Crippen molar-refractivity contribution in [1.82, 2.24) is 19.7 Å². The van der Waals surface area contributed by atoms with E-state index in [1.165, 1.54) is 0 Å². The van der Waals surface area contributed by atoms with E-state index in [1.807, 2.05) is 36.4 Å². The molecule has 6 nitrogen and oxygen atoms in total. The van der Waals surface area contributed by atoms with Gasteiger partial charge in [0.15, 0.2) is 5.78 Å². The molecule has 0 spiro atoms. The average molecular weight is 290 g/mol. The number of carbonyl (C=O) groups is 2. The van der Waals surface area contributed by atoms with Gasteiger partial charge in [-0.2, -0.15) is 0 Å². The van der Waals surface area contributed by atoms with Crippen molar-refractivity contribution in [1.29, 1.82) is 0 Å². The fraction of sp³-hybridized carbons (Fsp3) is 0.600. The monoisotopic (exact) mass is 290 g/mol. The van der Waals surface area contributed by atoms with E-state index in [-0.39, 0.29) is 17.9 Å². The van der Waals surface area contributed by atoms with E-state index in [0.29, 0.717) is 19.6 Å². The molecule has 2 fully saturated rings. The second-order valence-corrected chi connectivity index (χ2v) is 6.04. The highest BCUT2D eigenvalue weighted by atomic mass is 16.2. The van der Waals surface area contributed by atoms with E-state index in [2.05, 4.69) is 10.2 Å². The Kier molecular flexibility index (Phi) is 3.49. The van der Waals surface area contributed by atoms with Crippen molar-refractivity contribution in [3.8, 4) is 0 Å². The minimum absolute atomic E-state index is 0.0282. The van der Waals surface area contributed by atoms with Crippen molar-refractivity contribution in [2.75, 3.05) is 32.7 Å². The van der Waals surface area contributed by atoms with Crippen molar-refractivity contribution in [3.05, 3.63) is 23.0 Å². The van der Waals surface area contributed by atoms with Crippen LogP contribution in [0.5, 0.6) is 0 Å². The standard InChI is InChI=1S/C15H22N4O2/c1-10-6-13(11(2)17(10)3)14(20)9-18-4-5-19-12(8-18)7-16-15(19)21/h6,12H,4-5,7-9H2,1-3H3,(H,16,21). The van der Waals surface area contributed by atoms with Gasteiger partial charge >= 0.3 is 6.03 Å². The third kappa shape index (κ3) is 2.44. The van der Waals surface area contributed by atoms with E-state index < -0.39 is 0 Å². The summed E-state index contributed by atoms with van der Waals surface area (Å²) in [5.74, 6) is 0.168. The van der Waals surface area contributed by atoms with Gasteiger partial charge in [-0.25, -0.2) is 4.79 Å². The molecule has 3 heterocycles. The number of carbonyl (C=O) groups excluding carboxylic acids is 2. The quantitative estimate of drug-likeness (QED) is 0.826. The zero-order valence-electron chi connectivity index (χ0n) is 12.8. The van der Waals surface area contributed by atoms with E-state index in [0.717, 1.165) is 30.0 Å². The fourth-order valence-electron chi connectivity index (χ4n) is 3.24. The largest absolute Gasteiger partial charge is 0.351 e. The third-order valence-electron chi connectivity index (χ3n) is 4.76. The Morgan fingerprint density at radius 2 is 2.14 bits per heavy atom. The molecule has 2 aliphatic heterocycles. The molecule has 1 atom stereocenters. The van der Waals surface area contributed by atoms with Crippen LogP contribution in [0.15, 0.2) is 6.07 Å². The van der Waals surface area contributed by atoms with E-state index in [1.54, 1.807) is 0 Å². The van der Waals surface area contributed by atoms with Crippen LogP contribution >= 0.6 is 0 Å². The number of aromatic nitrogens is 1. The highest BCUT2D eigenvalue weighted by molar-refractivity contribution is 5.99. The number of fused-ring (bicyclic) bond motifs is 1. The summed E-state index contributed by atoms with van der Waals surface area (Å²) in [5.41, 5.74) is 2.94. The van der Waals surface area contributed by atoms with Crippen LogP contribution < -0.4 is 5.32 Å². The molecule has 2 amide bonds. The number of piperazine rings is 1. The van der Waals surface area contributed by atoms with Gasteiger partial charge in [-0.15, -0.1) is 0 Å². The van der Waals surface area contributed by atoms with Crippen LogP contribution in [0.2, 0.25) is 0 Å². The molecule has 1 aromatic heterocycles. The first-order chi connectivity index (χ1) is 9.97. The van der Waals surface area contributed by atoms with Crippen molar-refractivity contribution < 1.29 is 9.59 Å². The fourth-order valence-corrected chi connectivity index (χ4v) is 3.24. The minimum Gasteiger partial charge on any atom is -0.351 e. The maximum absolute atomic E-state index is 12.5. The van der Waals surface area contributed by atoms with E-state index in [4.69, 9.17) is 0 Å². The summed E-state index contributed by atoms with van der Waals surface area (Å²) in [6.07, 6.45) is 0. The maximum atomic E-state index is 12.5. The van der Waals surface area contributed by atoms with Crippen LogP contribution in [0, 0.1) is 13.8 Å². The summed E-state index contributed by atoms with van der Waals surface area (Å²) in [7, 11) is 1.98. The normalized spacial score (nSPS) is 22.3. The summed E-state index contributed by atoms with van der Waals surface area (Å²) < 4.78 is 2.05. The summed E-state index contributed by atoms with van der Waals surface area (Å²) in [6, 6.07) is 2.20. The average Bonchev–Trinajstić information content (AvgIpc) is 2.94. The van der Waals surface area contributed by atoms with Gasteiger partial charge in [-0.05, 0) is 19.9 Å². The Labute approximate surface area is 124 Å². The topological polar surface area (TPSA) is 57.6 Å². The van der Waals surface area contributed by atoms with Gasteiger partial charge in [0.2, 0.25) is 0 Å². The zero-order chi connectivity index (χ0) is 15.1. The van der Waals surface area contributed by atoms with Gasteiger partial charge in [0.05, 0.1) is 12.6 Å². The number of nitrogens with zero attached hydrogens (tertiary/aromatic N) is 3. The molecule has 0 bridgehead atoms. The molecule has 0 radical (unpaired) electrons. The minimum atomic E-state index is 0.0282. The molecule has 1 N–H and O–H groups in total. The van der Waals surface area contributed by atoms with Crippen molar-refractivity contribution >= 4 is 11.8 Å². The second-order valence-electron chi connectivity index (χ2n) is 6.04. The predicted molar refractivity (Wildman–Crippen MR) is 79.6 cm³/mol. The highest BCUT2D eigenvalue weighted by Gasteiger charge is 2.35. The molecular formula is C15H22N4O2. The van der Waals surface area contributed by atoms with Crippen LogP contribution in [-0.4, -0.2) is 64.9 Å². The second kappa shape index (κ2) is 5.18. The Bertz CT molecular complexity index is 593. The molecule has 2 saturated heterocycles. The van der Waals surface area contributed by atoms with Crippen LogP contribution in [0.3, 0.4) is 0 Å². The number of rotatable bonds is 3. The lowest BCUT2D eigenvalue weighted by atomic mass is 10.1. The SMILES string of the molecule is Cc1cc(C(=O)CN2CCN3C(=O)NCC3C2)c(C)n1C. The maximum Gasteiger partial charge on any atom is 0.317 e. The van der Waals surface area contributed by atoms with Crippen LogP contribution in [0.4, 0.5) is 4.79 Å². The predicted octanol–water partition coefficient (Wildman–Crippen LogP) is 0.534. The lowest BCUT2D eigenvalue weighted by molar-refractivity contribution is 0.0837. The lowest BCUT2D eigenvalue weighted by Gasteiger charge is -2.35. The summed E-state index contributed by atoms with van der Waals surface area (Å²) >= 11 is 0. The van der Waals surface area contributed by atoms with E-state index in [9.17, 15) is 9.59 Å². The first kappa shape index (κ1) is 14.1. The van der Waals surface area contributed by atoms with Crippen molar-refractivity contribution in [2.24, 2.45) is 7.05 Å². The lowest BCUT2D eigenvalue weighted by Crippen LogP contribution is -2.53. The van der Waals surface area contributed by atoms with E-state index >= 15 is 0 Å². The highest BCUT2D eigenvalue weighted by Crippen LogP contribution is 2.17. The Morgan fingerprint density at radius 1 is 1.38 bits per heavy atom. The molecule has 0 aromatic carbocycles. The van der Waals surface area contributed by atoms with Gasteiger partial charge in [0.1, 0.15) is 0 Å². The molecule has 21 heavy (non-hydrogen) atoms. The van der Waals surface area contributed by atoms with Crippen LogP contribution in [0.1, 0.15) is 21.7 Å². The molecule has 0 aliphatic carbocycles. The van der Waals surface area contributed by atoms with Gasteiger partial charge in [0, 0.05) is 50.2 Å². The Balaban J connectivity index is 1.66. The zero-order valence-corrected chi connectivity index (χ0v) is 12.8. The molecule has 2 aliphatic rings. The molecule has 6 heteroatoms. The van der Waals surface area contributed by atoms with Gasteiger partial charge in [-0.1, -0.05) is 0 Å². The van der Waals surface area contributed by atoms with Crippen molar-refractivity contribution in [3.63, 3.8) is 0 Å². The number of hydrogen-bond donors (Lipinski definition) is 1. The first-order valence-electron chi connectivity index (χ1n) is 7.40. The summed E-state index contributed by atoms with van der Waals surface area (Å²) in [6.45, 7) is 7.36. The molecule has 1 unspecified atom stereocenters. The van der Waals surface area contributed by atoms with Gasteiger partial charge < -0.3 is 14.8 Å². The van der Waals surface area contributed by atoms with Crippen LogP contribution in [0.25, 0.3) is 0 Å². The Hall–Kier alpha value is -1.82. The third-order valence-corrected chi connectivity index (χ3v) is 4.76. The van der Waals surface area contributed by atoms with Crippen LogP contribution in [-0.2, 0) is 7.05 Å². The summed E-state index contributed by atoms with van der Waals surface area (Å²) in [5, 5.41) is 2.86. The summed E-state index contributed by atoms with van der Waals surface area (Å²) in [4.78, 5) is 28.1. The molecule has 0 saturated carbocycles. The number of ketones is 1. The molecule has 1 aromatic rings. The number of amides is 2. The van der Waals surface area contributed by atoms with Gasteiger partial charge in [-0.3, -0.25) is 9.69 Å². The smallest absolute Gasteiger partial charge is 0.317 e. The van der Waals surface area contributed by atoms with Crippen molar-refractivity contribution in [2.45, 2.75) is 19.9 Å². The molecule has 3 rings (SSSR count). The number of hydrogen-bond acceptors (Lipinski definition) is 3. The first-order valence-corrected chi connectivity index (χ1v) is 7.40. The molecular weight excluding hydrogens is 268 g/mol. The number of aryl methyl sites for hydroxylation is 1. The number of nitrogens with one attached hydrogen (secondary N) is 1. The molecule has 114 valence electrons. The number of urea groups is 1. The van der Waals surface area contributed by atoms with Gasteiger partial charge in [0.25, 0.3) is 0 Å². The Morgan fingerprint density at radius 3 is 2.81 bits per heavy atom.